The van der Waals surface area contributed by atoms with E-state index in [1.54, 1.807) is 18.2 Å². The molecule has 3 aromatic rings. The first-order valence-electron chi connectivity index (χ1n) is 9.26. The predicted molar refractivity (Wildman–Crippen MR) is 104 cm³/mol. The average Bonchev–Trinajstić information content (AvgIpc) is 3.17. The Kier molecular flexibility index (Phi) is 5.42. The maximum atomic E-state index is 13.5. The molecule has 6 heteroatoms. The lowest BCUT2D eigenvalue weighted by Gasteiger charge is -2.20. The second-order valence-electron chi connectivity index (χ2n) is 6.90. The molecule has 0 bridgehead atoms. The SMILES string of the molecule is O=C(N[C@@H](Cc1ccc(F)cc1)Cc1ccc2c(c1)OCO2)c1cccc(F)c1. The highest BCUT2D eigenvalue weighted by molar-refractivity contribution is 5.94. The highest BCUT2D eigenvalue weighted by Crippen LogP contribution is 2.33. The maximum Gasteiger partial charge on any atom is 0.251 e. The molecule has 1 heterocycles. The third-order valence-corrected chi connectivity index (χ3v) is 4.74. The molecule has 0 unspecified atom stereocenters. The zero-order valence-corrected chi connectivity index (χ0v) is 15.5. The van der Waals surface area contributed by atoms with Gasteiger partial charge in [-0.2, -0.15) is 0 Å². The second kappa shape index (κ2) is 8.31. The van der Waals surface area contributed by atoms with Crippen LogP contribution in [0, 0.1) is 11.6 Å². The van der Waals surface area contributed by atoms with Gasteiger partial charge in [-0.15, -0.1) is 0 Å². The van der Waals surface area contributed by atoms with Gasteiger partial charge in [0.05, 0.1) is 0 Å². The van der Waals surface area contributed by atoms with Gasteiger partial charge in [-0.25, -0.2) is 8.78 Å². The number of amides is 1. The highest BCUT2D eigenvalue weighted by atomic mass is 19.1. The highest BCUT2D eigenvalue weighted by Gasteiger charge is 2.19. The lowest BCUT2D eigenvalue weighted by Crippen LogP contribution is -2.38. The second-order valence-corrected chi connectivity index (χ2v) is 6.90. The summed E-state index contributed by atoms with van der Waals surface area (Å²) in [6.07, 6.45) is 1.02. The molecule has 0 spiro atoms. The minimum absolute atomic E-state index is 0.189. The van der Waals surface area contributed by atoms with E-state index >= 15 is 0 Å². The standard InChI is InChI=1S/C23H19F2NO3/c24-18-7-4-15(5-8-18)10-20(26-23(27)17-2-1-3-19(25)13-17)11-16-6-9-21-22(12-16)29-14-28-21/h1-9,12-13,20H,10-11,14H2,(H,26,27)/t20-/m0/s1. The van der Waals surface area contributed by atoms with Gasteiger partial charge >= 0.3 is 0 Å². The quantitative estimate of drug-likeness (QED) is 0.678. The molecule has 0 radical (unpaired) electrons. The summed E-state index contributed by atoms with van der Waals surface area (Å²) >= 11 is 0. The summed E-state index contributed by atoms with van der Waals surface area (Å²) in [6.45, 7) is 0.189. The van der Waals surface area contributed by atoms with Gasteiger partial charge in [0.15, 0.2) is 11.5 Å². The number of ether oxygens (including phenoxy) is 2. The largest absolute Gasteiger partial charge is 0.454 e. The third-order valence-electron chi connectivity index (χ3n) is 4.74. The van der Waals surface area contributed by atoms with E-state index in [4.69, 9.17) is 9.47 Å². The molecule has 0 saturated heterocycles. The van der Waals surface area contributed by atoms with Crippen molar-refractivity contribution < 1.29 is 23.0 Å². The minimum Gasteiger partial charge on any atom is -0.454 e. The number of carbonyl (C=O) groups is 1. The molecule has 1 amide bonds. The Morgan fingerprint density at radius 2 is 1.59 bits per heavy atom. The molecule has 1 N–H and O–H groups in total. The van der Waals surface area contributed by atoms with E-state index in [1.165, 1.54) is 30.3 Å². The van der Waals surface area contributed by atoms with E-state index in [1.807, 2.05) is 18.2 Å². The zero-order valence-electron chi connectivity index (χ0n) is 15.5. The first kappa shape index (κ1) is 18.9. The summed E-state index contributed by atoms with van der Waals surface area (Å²) in [6, 6.07) is 17.1. The monoisotopic (exact) mass is 395 g/mol. The van der Waals surface area contributed by atoms with Gasteiger partial charge in [0.25, 0.3) is 5.91 Å². The Bertz CT molecular complexity index is 1020. The third kappa shape index (κ3) is 4.71. The zero-order chi connectivity index (χ0) is 20.2. The van der Waals surface area contributed by atoms with E-state index in [0.29, 0.717) is 24.3 Å². The van der Waals surface area contributed by atoms with E-state index < -0.39 is 5.82 Å². The van der Waals surface area contributed by atoms with Crippen molar-refractivity contribution in [3.8, 4) is 11.5 Å². The van der Waals surface area contributed by atoms with Gasteiger partial charge in [-0.3, -0.25) is 4.79 Å². The molecule has 0 aromatic heterocycles. The smallest absolute Gasteiger partial charge is 0.251 e. The molecule has 0 aliphatic carbocycles. The van der Waals surface area contributed by atoms with E-state index in [9.17, 15) is 13.6 Å². The van der Waals surface area contributed by atoms with Gasteiger partial charge in [0, 0.05) is 11.6 Å². The number of benzene rings is 3. The Balaban J connectivity index is 1.54. The fraction of sp³-hybridized carbons (Fsp3) is 0.174. The van der Waals surface area contributed by atoms with Crippen LogP contribution in [0.2, 0.25) is 0 Å². The van der Waals surface area contributed by atoms with Crippen molar-refractivity contribution in [2.45, 2.75) is 18.9 Å². The van der Waals surface area contributed by atoms with E-state index in [0.717, 1.165) is 11.1 Å². The number of rotatable bonds is 6. The van der Waals surface area contributed by atoms with Gasteiger partial charge in [0.1, 0.15) is 11.6 Å². The van der Waals surface area contributed by atoms with Gasteiger partial charge < -0.3 is 14.8 Å². The normalized spacial score (nSPS) is 13.2. The first-order chi connectivity index (χ1) is 14.1. The van der Waals surface area contributed by atoms with Gasteiger partial charge in [-0.05, 0) is 66.4 Å². The molecule has 148 valence electrons. The Morgan fingerprint density at radius 3 is 2.38 bits per heavy atom. The molecule has 1 aliphatic rings. The number of hydrogen-bond acceptors (Lipinski definition) is 3. The van der Waals surface area contributed by atoms with Crippen LogP contribution in [0.25, 0.3) is 0 Å². The molecule has 1 atom stereocenters. The Hall–Kier alpha value is -3.41. The topological polar surface area (TPSA) is 47.6 Å². The van der Waals surface area contributed by atoms with Crippen molar-refractivity contribution in [3.63, 3.8) is 0 Å². The van der Waals surface area contributed by atoms with Crippen LogP contribution in [0.4, 0.5) is 8.78 Å². The fourth-order valence-corrected chi connectivity index (χ4v) is 3.33. The minimum atomic E-state index is -0.469. The van der Waals surface area contributed by atoms with E-state index in [-0.39, 0.29) is 30.1 Å². The summed E-state index contributed by atoms with van der Waals surface area (Å²) in [5, 5.41) is 2.97. The molecule has 4 nitrogen and oxygen atoms in total. The van der Waals surface area contributed by atoms with Crippen molar-refractivity contribution in [1.29, 1.82) is 0 Å². The summed E-state index contributed by atoms with van der Waals surface area (Å²) in [5.41, 5.74) is 2.09. The number of carbonyl (C=O) groups excluding carboxylic acids is 1. The molecular formula is C23H19F2NO3. The van der Waals surface area contributed by atoms with Crippen LogP contribution in [0.3, 0.4) is 0 Å². The molecular weight excluding hydrogens is 376 g/mol. The van der Waals surface area contributed by atoms with Gasteiger partial charge in [0.2, 0.25) is 6.79 Å². The van der Waals surface area contributed by atoms with Gasteiger partial charge in [-0.1, -0.05) is 24.3 Å². The van der Waals surface area contributed by atoms with Crippen LogP contribution in [0.5, 0.6) is 11.5 Å². The Morgan fingerprint density at radius 1 is 0.862 bits per heavy atom. The van der Waals surface area contributed by atoms with Crippen LogP contribution >= 0.6 is 0 Å². The lowest BCUT2D eigenvalue weighted by atomic mass is 9.98. The summed E-state index contributed by atoms with van der Waals surface area (Å²) in [5.74, 6) is 0.206. The summed E-state index contributed by atoms with van der Waals surface area (Å²) < 4.78 is 37.5. The number of nitrogens with one attached hydrogen (secondary N) is 1. The maximum absolute atomic E-state index is 13.5. The van der Waals surface area contributed by atoms with Crippen LogP contribution in [-0.2, 0) is 12.8 Å². The molecule has 0 fully saturated rings. The van der Waals surface area contributed by atoms with Crippen LogP contribution in [-0.4, -0.2) is 18.7 Å². The Labute approximate surface area is 167 Å². The number of fused-ring (bicyclic) bond motifs is 1. The van der Waals surface area contributed by atoms with E-state index in [2.05, 4.69) is 5.32 Å². The lowest BCUT2D eigenvalue weighted by molar-refractivity contribution is 0.0936. The molecule has 4 rings (SSSR count). The van der Waals surface area contributed by atoms with Crippen molar-refractivity contribution in [2.75, 3.05) is 6.79 Å². The van der Waals surface area contributed by atoms with Crippen LogP contribution in [0.15, 0.2) is 66.7 Å². The number of halogens is 2. The van der Waals surface area contributed by atoms with Crippen molar-refractivity contribution in [3.05, 3.63) is 95.1 Å². The fourth-order valence-electron chi connectivity index (χ4n) is 3.33. The molecule has 0 saturated carbocycles. The van der Waals surface area contributed by atoms with Crippen molar-refractivity contribution in [2.24, 2.45) is 0 Å². The van der Waals surface area contributed by atoms with Crippen LogP contribution < -0.4 is 14.8 Å². The average molecular weight is 395 g/mol. The number of hydrogen-bond donors (Lipinski definition) is 1. The molecule has 3 aromatic carbocycles. The summed E-state index contributed by atoms with van der Waals surface area (Å²) in [4.78, 5) is 12.6. The predicted octanol–water partition coefficient (Wildman–Crippen LogP) is 4.28. The summed E-state index contributed by atoms with van der Waals surface area (Å²) in [7, 11) is 0. The molecule has 29 heavy (non-hydrogen) atoms. The molecule has 1 aliphatic heterocycles. The first-order valence-corrected chi connectivity index (χ1v) is 9.26. The van der Waals surface area contributed by atoms with Crippen molar-refractivity contribution in [1.82, 2.24) is 5.32 Å². The van der Waals surface area contributed by atoms with Crippen molar-refractivity contribution >= 4 is 5.91 Å². The van der Waals surface area contributed by atoms with Crippen LogP contribution in [0.1, 0.15) is 21.5 Å².